The lowest BCUT2D eigenvalue weighted by Crippen LogP contribution is -2.44. The highest BCUT2D eigenvalue weighted by Gasteiger charge is 2.03. The number of rotatable bonds is 6. The van der Waals surface area contributed by atoms with Gasteiger partial charge in [0.05, 0.1) is 0 Å². The Morgan fingerprint density at radius 2 is 1.95 bits per heavy atom. The highest BCUT2D eigenvalue weighted by Crippen LogP contribution is 2.09. The van der Waals surface area contributed by atoms with Gasteiger partial charge in [-0.3, -0.25) is 4.99 Å². The van der Waals surface area contributed by atoms with Gasteiger partial charge in [0.1, 0.15) is 0 Å². The van der Waals surface area contributed by atoms with E-state index in [9.17, 15) is 0 Å². The normalized spacial score (nSPS) is 12.3. The highest BCUT2D eigenvalue weighted by molar-refractivity contribution is 14.0. The molecule has 0 heterocycles. The maximum atomic E-state index is 4.22. The van der Waals surface area contributed by atoms with Gasteiger partial charge in [-0.05, 0) is 25.5 Å². The fourth-order valence-electron chi connectivity index (χ4n) is 1.68. The van der Waals surface area contributed by atoms with Gasteiger partial charge in [0.25, 0.3) is 0 Å². The zero-order chi connectivity index (χ0) is 14.1. The highest BCUT2D eigenvalue weighted by atomic mass is 127. The van der Waals surface area contributed by atoms with Crippen molar-refractivity contribution in [1.29, 1.82) is 0 Å². The molecule has 1 rings (SSSR count). The molecule has 2 N–H and O–H groups in total. The van der Waals surface area contributed by atoms with Crippen LogP contribution in [0.5, 0.6) is 0 Å². The first-order chi connectivity index (χ1) is 9.17. The number of likely N-dealkylation sites (N-methyl/N-ethyl adjacent to an activating group) is 1. The zero-order valence-corrected chi connectivity index (χ0v) is 15.2. The predicted molar refractivity (Wildman–Crippen MR) is 99.4 cm³/mol. The van der Waals surface area contributed by atoms with Crippen LogP contribution in [0.25, 0.3) is 0 Å². The van der Waals surface area contributed by atoms with Crippen molar-refractivity contribution >= 4 is 35.6 Å². The van der Waals surface area contributed by atoms with Crippen molar-refractivity contribution < 1.29 is 0 Å². The number of nitrogens with one attached hydrogen (secondary N) is 2. The van der Waals surface area contributed by atoms with Crippen LogP contribution in [0, 0.1) is 0 Å². The summed E-state index contributed by atoms with van der Waals surface area (Å²) in [6, 6.07) is 10.8. The van der Waals surface area contributed by atoms with E-state index in [1.165, 1.54) is 5.69 Å². The lowest BCUT2D eigenvalue weighted by Gasteiger charge is -2.21. The van der Waals surface area contributed by atoms with Crippen LogP contribution >= 0.6 is 24.0 Å². The van der Waals surface area contributed by atoms with Crippen molar-refractivity contribution in [2.24, 2.45) is 4.99 Å². The monoisotopic (exact) mass is 390 g/mol. The van der Waals surface area contributed by atoms with Gasteiger partial charge in [0.15, 0.2) is 5.96 Å². The molecular formula is C15H27IN4. The second-order valence-electron chi connectivity index (χ2n) is 4.71. The van der Waals surface area contributed by atoms with E-state index in [1.54, 1.807) is 7.05 Å². The van der Waals surface area contributed by atoms with Crippen LogP contribution in [0.2, 0.25) is 0 Å². The van der Waals surface area contributed by atoms with Gasteiger partial charge in [0.2, 0.25) is 0 Å². The summed E-state index contributed by atoms with van der Waals surface area (Å²) in [7, 11) is 3.90. The molecule has 5 heteroatoms. The standard InChI is InChI=1S/C15H26N4.HI/c1-5-13(2)18-15(16-3)17-11-12-19(4)14-9-7-6-8-10-14;/h6-10,13H,5,11-12H2,1-4H3,(H2,16,17,18);1H. The van der Waals surface area contributed by atoms with Crippen LogP contribution in [0.1, 0.15) is 20.3 Å². The number of hydrogen-bond donors (Lipinski definition) is 2. The molecule has 4 nitrogen and oxygen atoms in total. The minimum absolute atomic E-state index is 0. The molecular weight excluding hydrogens is 363 g/mol. The first-order valence-electron chi connectivity index (χ1n) is 6.90. The molecule has 0 spiro atoms. The molecule has 20 heavy (non-hydrogen) atoms. The smallest absolute Gasteiger partial charge is 0.191 e. The molecule has 0 bridgehead atoms. The number of nitrogens with zero attached hydrogens (tertiary/aromatic N) is 2. The van der Waals surface area contributed by atoms with E-state index in [0.717, 1.165) is 25.5 Å². The SMILES string of the molecule is CCC(C)NC(=NC)NCCN(C)c1ccccc1.I. The Hall–Kier alpha value is -0.980. The fourth-order valence-corrected chi connectivity index (χ4v) is 1.68. The lowest BCUT2D eigenvalue weighted by atomic mass is 10.3. The summed E-state index contributed by atoms with van der Waals surface area (Å²) in [6.07, 6.45) is 1.09. The van der Waals surface area contributed by atoms with Crippen molar-refractivity contribution in [3.05, 3.63) is 30.3 Å². The maximum Gasteiger partial charge on any atom is 0.191 e. The molecule has 0 saturated heterocycles. The lowest BCUT2D eigenvalue weighted by molar-refractivity contribution is 0.624. The molecule has 1 atom stereocenters. The van der Waals surface area contributed by atoms with Gasteiger partial charge >= 0.3 is 0 Å². The van der Waals surface area contributed by atoms with Crippen LogP contribution in [0.15, 0.2) is 35.3 Å². The number of aliphatic imine (C=N–C) groups is 1. The van der Waals surface area contributed by atoms with E-state index in [0.29, 0.717) is 6.04 Å². The Morgan fingerprint density at radius 1 is 1.30 bits per heavy atom. The van der Waals surface area contributed by atoms with E-state index < -0.39 is 0 Å². The Kier molecular flexibility index (Phi) is 10.2. The van der Waals surface area contributed by atoms with Gasteiger partial charge in [-0.2, -0.15) is 0 Å². The predicted octanol–water partition coefficient (Wildman–Crippen LogP) is 2.70. The second-order valence-corrected chi connectivity index (χ2v) is 4.71. The first kappa shape index (κ1) is 19.0. The third kappa shape index (κ3) is 6.98. The third-order valence-electron chi connectivity index (χ3n) is 3.16. The number of para-hydroxylation sites is 1. The van der Waals surface area contributed by atoms with Crippen LogP contribution in [-0.2, 0) is 0 Å². The summed E-state index contributed by atoms with van der Waals surface area (Å²) in [5.74, 6) is 0.871. The Morgan fingerprint density at radius 3 is 2.50 bits per heavy atom. The number of guanidine groups is 1. The molecule has 0 saturated carbocycles. The molecule has 0 aliphatic carbocycles. The summed E-state index contributed by atoms with van der Waals surface area (Å²) in [5.41, 5.74) is 1.23. The van der Waals surface area contributed by atoms with Crippen molar-refractivity contribution in [3.8, 4) is 0 Å². The summed E-state index contributed by atoms with van der Waals surface area (Å²) >= 11 is 0. The number of hydrogen-bond acceptors (Lipinski definition) is 2. The first-order valence-corrected chi connectivity index (χ1v) is 6.90. The van der Waals surface area contributed by atoms with E-state index in [-0.39, 0.29) is 24.0 Å². The molecule has 114 valence electrons. The average Bonchev–Trinajstić information content (AvgIpc) is 2.46. The van der Waals surface area contributed by atoms with E-state index >= 15 is 0 Å². The molecule has 0 aliphatic heterocycles. The largest absolute Gasteiger partial charge is 0.373 e. The third-order valence-corrected chi connectivity index (χ3v) is 3.16. The van der Waals surface area contributed by atoms with E-state index in [2.05, 4.69) is 65.7 Å². The number of benzene rings is 1. The second kappa shape index (κ2) is 10.8. The molecule has 0 aromatic heterocycles. The molecule has 0 aliphatic rings. The quantitative estimate of drug-likeness (QED) is 0.446. The topological polar surface area (TPSA) is 39.7 Å². The zero-order valence-electron chi connectivity index (χ0n) is 12.9. The molecule has 0 fully saturated rings. The molecule has 1 aromatic carbocycles. The van der Waals surface area contributed by atoms with Crippen LogP contribution < -0.4 is 15.5 Å². The van der Waals surface area contributed by atoms with Crippen molar-refractivity contribution in [2.75, 3.05) is 32.1 Å². The van der Waals surface area contributed by atoms with Gasteiger partial charge in [0, 0.05) is 38.9 Å². The van der Waals surface area contributed by atoms with Gasteiger partial charge in [-0.1, -0.05) is 25.1 Å². The van der Waals surface area contributed by atoms with Crippen molar-refractivity contribution in [2.45, 2.75) is 26.3 Å². The number of halogens is 1. The van der Waals surface area contributed by atoms with E-state index in [1.807, 2.05) is 6.07 Å². The van der Waals surface area contributed by atoms with Gasteiger partial charge in [-0.15, -0.1) is 24.0 Å². The molecule has 0 amide bonds. The van der Waals surface area contributed by atoms with Crippen LogP contribution in [0.4, 0.5) is 5.69 Å². The van der Waals surface area contributed by atoms with Gasteiger partial charge < -0.3 is 15.5 Å². The van der Waals surface area contributed by atoms with Gasteiger partial charge in [-0.25, -0.2) is 0 Å². The fraction of sp³-hybridized carbons (Fsp3) is 0.533. The average molecular weight is 390 g/mol. The summed E-state index contributed by atoms with van der Waals surface area (Å²) in [6.45, 7) is 6.11. The summed E-state index contributed by atoms with van der Waals surface area (Å²) in [5, 5.41) is 6.68. The van der Waals surface area contributed by atoms with Crippen LogP contribution in [0.3, 0.4) is 0 Å². The minimum atomic E-state index is 0. The molecule has 1 aromatic rings. The molecule has 0 radical (unpaired) electrons. The molecule has 1 unspecified atom stereocenters. The number of anilines is 1. The Bertz CT molecular complexity index is 381. The van der Waals surface area contributed by atoms with E-state index in [4.69, 9.17) is 0 Å². The summed E-state index contributed by atoms with van der Waals surface area (Å²) < 4.78 is 0. The summed E-state index contributed by atoms with van der Waals surface area (Å²) in [4.78, 5) is 6.45. The van der Waals surface area contributed by atoms with Crippen molar-refractivity contribution in [1.82, 2.24) is 10.6 Å². The minimum Gasteiger partial charge on any atom is -0.373 e. The van der Waals surface area contributed by atoms with Crippen LogP contribution in [-0.4, -0.2) is 39.2 Å². The Balaban J connectivity index is 0.00000361. The van der Waals surface area contributed by atoms with Crippen molar-refractivity contribution in [3.63, 3.8) is 0 Å². The maximum absolute atomic E-state index is 4.22. The Labute approximate surface area is 140 Å².